The first kappa shape index (κ1) is 33.0. The van der Waals surface area contributed by atoms with E-state index in [-0.39, 0.29) is 18.3 Å². The van der Waals surface area contributed by atoms with Crippen molar-refractivity contribution in [3.8, 4) is 28.7 Å². The Hall–Kier alpha value is -5.55. The molecule has 0 aliphatic carbocycles. The first-order chi connectivity index (χ1) is 24.3. The first-order valence-corrected chi connectivity index (χ1v) is 17.2. The van der Waals surface area contributed by atoms with E-state index in [1.165, 1.54) is 11.3 Å². The predicted molar refractivity (Wildman–Crippen MR) is 192 cm³/mol. The van der Waals surface area contributed by atoms with Crippen molar-refractivity contribution in [1.29, 1.82) is 0 Å². The van der Waals surface area contributed by atoms with Gasteiger partial charge in [0.05, 0.1) is 30.0 Å². The fraction of sp³-hybridized carbons (Fsp3) is 0.256. The minimum absolute atomic E-state index is 0.161. The van der Waals surface area contributed by atoms with Crippen molar-refractivity contribution in [2.45, 2.75) is 33.4 Å². The van der Waals surface area contributed by atoms with Gasteiger partial charge in [0.25, 0.3) is 11.5 Å². The van der Waals surface area contributed by atoms with Crippen molar-refractivity contribution >= 4 is 34.1 Å². The van der Waals surface area contributed by atoms with Gasteiger partial charge >= 0.3 is 0 Å². The van der Waals surface area contributed by atoms with Crippen molar-refractivity contribution in [1.82, 2.24) is 9.47 Å². The Bertz CT molecular complexity index is 2340. The van der Waals surface area contributed by atoms with E-state index in [1.54, 1.807) is 23.7 Å². The minimum Gasteiger partial charge on any atom is -0.496 e. The number of aromatic nitrogens is 1. The zero-order chi connectivity index (χ0) is 34.9. The number of methoxy groups -OCH3 is 2. The van der Waals surface area contributed by atoms with Gasteiger partial charge in [0.15, 0.2) is 27.8 Å². The molecule has 0 fully saturated rings. The summed E-state index contributed by atoms with van der Waals surface area (Å²) in [6.07, 6.45) is 1.82. The SMILES string of the molecule is CCN(CC)C(=O)C1=C(C)N=c2s/c(=C/c3ccc(OCc4ccc5c(c4)OCO5)c(OC)c3)c(=O)n2[C@@H]1c1c(OC)ccc2ccccc12. The molecule has 1 amide bonds. The monoisotopic (exact) mass is 691 g/mol. The fourth-order valence-corrected chi connectivity index (χ4v) is 7.57. The molecular formula is C39H37N3O7S. The molecule has 5 aromatic rings. The summed E-state index contributed by atoms with van der Waals surface area (Å²) in [6.45, 7) is 7.29. The second-order valence-electron chi connectivity index (χ2n) is 11.8. The van der Waals surface area contributed by atoms with Gasteiger partial charge in [-0.3, -0.25) is 14.2 Å². The molecule has 1 atom stereocenters. The summed E-state index contributed by atoms with van der Waals surface area (Å²) in [6, 6.07) is 22.3. The van der Waals surface area contributed by atoms with Crippen molar-refractivity contribution in [2.75, 3.05) is 34.1 Å². The van der Waals surface area contributed by atoms with Crippen LogP contribution in [0.3, 0.4) is 0 Å². The number of allylic oxidation sites excluding steroid dienone is 1. The number of hydrogen-bond acceptors (Lipinski definition) is 9. The number of rotatable bonds is 10. The number of hydrogen-bond donors (Lipinski definition) is 0. The highest BCUT2D eigenvalue weighted by Crippen LogP contribution is 2.41. The van der Waals surface area contributed by atoms with Crippen molar-refractivity contribution < 1.29 is 28.5 Å². The van der Waals surface area contributed by atoms with Crippen LogP contribution < -0.4 is 38.6 Å². The minimum atomic E-state index is -0.760. The van der Waals surface area contributed by atoms with Gasteiger partial charge in [-0.05, 0) is 79.1 Å². The predicted octanol–water partition coefficient (Wildman–Crippen LogP) is 5.58. The zero-order valence-corrected chi connectivity index (χ0v) is 29.3. The Morgan fingerprint density at radius 1 is 0.960 bits per heavy atom. The van der Waals surface area contributed by atoms with E-state index in [2.05, 4.69) is 0 Å². The van der Waals surface area contributed by atoms with Gasteiger partial charge in [-0.15, -0.1) is 0 Å². The average molecular weight is 692 g/mol. The van der Waals surface area contributed by atoms with Crippen LogP contribution in [0.4, 0.5) is 0 Å². The molecule has 11 heteroatoms. The van der Waals surface area contributed by atoms with E-state index in [0.717, 1.165) is 27.5 Å². The highest BCUT2D eigenvalue weighted by molar-refractivity contribution is 7.07. The molecule has 0 unspecified atom stereocenters. The molecule has 4 aromatic carbocycles. The fourth-order valence-electron chi connectivity index (χ4n) is 6.52. The molecule has 2 aliphatic rings. The molecule has 0 saturated carbocycles. The van der Waals surface area contributed by atoms with E-state index >= 15 is 0 Å². The van der Waals surface area contributed by atoms with Gasteiger partial charge in [0.2, 0.25) is 6.79 Å². The molecule has 1 aromatic heterocycles. The Morgan fingerprint density at radius 2 is 1.72 bits per heavy atom. The van der Waals surface area contributed by atoms with Gasteiger partial charge < -0.3 is 28.6 Å². The summed E-state index contributed by atoms with van der Waals surface area (Å²) in [7, 11) is 3.19. The summed E-state index contributed by atoms with van der Waals surface area (Å²) < 4.78 is 30.7. The number of likely N-dealkylation sites (N-methyl/N-ethyl adjacent to an activating group) is 1. The van der Waals surface area contributed by atoms with E-state index < -0.39 is 6.04 Å². The number of fused-ring (bicyclic) bond motifs is 3. The van der Waals surface area contributed by atoms with Crippen LogP contribution in [0, 0.1) is 0 Å². The number of carbonyl (C=O) groups excluding carboxylic acids is 1. The van der Waals surface area contributed by atoms with Crippen LogP contribution in [0.15, 0.2) is 93.9 Å². The van der Waals surface area contributed by atoms with Crippen molar-refractivity contribution in [2.24, 2.45) is 4.99 Å². The third-order valence-corrected chi connectivity index (χ3v) is 10.0. The lowest BCUT2D eigenvalue weighted by Gasteiger charge is -2.30. The molecule has 0 N–H and O–H groups in total. The summed E-state index contributed by atoms with van der Waals surface area (Å²) in [5.41, 5.74) is 3.18. The summed E-state index contributed by atoms with van der Waals surface area (Å²) in [5.74, 6) is 2.91. The number of carbonyl (C=O) groups is 1. The summed E-state index contributed by atoms with van der Waals surface area (Å²) in [4.78, 5) is 35.8. The second kappa shape index (κ2) is 13.8. The molecule has 7 rings (SSSR count). The van der Waals surface area contributed by atoms with Crippen LogP contribution in [0.25, 0.3) is 16.8 Å². The highest BCUT2D eigenvalue weighted by atomic mass is 32.1. The lowest BCUT2D eigenvalue weighted by atomic mass is 9.90. The summed E-state index contributed by atoms with van der Waals surface area (Å²) >= 11 is 1.28. The van der Waals surface area contributed by atoms with Crippen LogP contribution in [-0.2, 0) is 11.4 Å². The van der Waals surface area contributed by atoms with Crippen LogP contribution in [0.2, 0.25) is 0 Å². The molecule has 256 valence electrons. The molecular weight excluding hydrogens is 655 g/mol. The number of thiazole rings is 1. The van der Waals surface area contributed by atoms with Crippen molar-refractivity contribution in [3.63, 3.8) is 0 Å². The standard InChI is InChI=1S/C39H37N3O7S/c1-6-41(7-2)38(44)34-23(3)40-39-42(36(34)35-27-11-9-8-10-26(27)14-17-30(35)45-4)37(43)33(50-39)20-24-12-15-28(31(18-24)46-5)47-21-25-13-16-29-32(19-25)49-22-48-29/h8-20,36H,6-7,21-22H2,1-5H3/b33-20+/t36-/m0/s1. The van der Waals surface area contributed by atoms with Crippen LogP contribution in [-0.4, -0.2) is 49.5 Å². The third-order valence-electron chi connectivity index (χ3n) is 9.04. The van der Waals surface area contributed by atoms with Gasteiger partial charge in [-0.2, -0.15) is 0 Å². The number of amides is 1. The third kappa shape index (κ3) is 5.87. The van der Waals surface area contributed by atoms with E-state index in [4.69, 9.17) is 28.7 Å². The van der Waals surface area contributed by atoms with E-state index in [1.807, 2.05) is 99.6 Å². The Balaban J connectivity index is 1.31. The maximum Gasteiger partial charge on any atom is 0.271 e. The molecule has 0 spiro atoms. The Kier molecular flexibility index (Phi) is 9.07. The smallest absolute Gasteiger partial charge is 0.271 e. The van der Waals surface area contributed by atoms with Crippen molar-refractivity contribution in [3.05, 3.63) is 120 Å². The lowest BCUT2D eigenvalue weighted by Crippen LogP contribution is -2.43. The highest BCUT2D eigenvalue weighted by Gasteiger charge is 2.36. The van der Waals surface area contributed by atoms with Gasteiger partial charge in [-0.1, -0.05) is 53.8 Å². The number of benzene rings is 4. The molecule has 0 bridgehead atoms. The van der Waals surface area contributed by atoms with Gasteiger partial charge in [0, 0.05) is 18.7 Å². The zero-order valence-electron chi connectivity index (χ0n) is 28.5. The Morgan fingerprint density at radius 3 is 2.50 bits per heavy atom. The molecule has 0 radical (unpaired) electrons. The quantitative estimate of drug-likeness (QED) is 0.189. The molecule has 2 aliphatic heterocycles. The first-order valence-electron chi connectivity index (χ1n) is 16.4. The van der Waals surface area contributed by atoms with Crippen LogP contribution >= 0.6 is 11.3 Å². The molecule has 3 heterocycles. The maximum atomic E-state index is 14.5. The molecule has 0 saturated heterocycles. The van der Waals surface area contributed by atoms with E-state index in [9.17, 15) is 9.59 Å². The second-order valence-corrected chi connectivity index (χ2v) is 12.9. The number of ether oxygens (including phenoxy) is 5. The topological polar surface area (TPSA) is 101 Å². The molecule has 50 heavy (non-hydrogen) atoms. The molecule has 10 nitrogen and oxygen atoms in total. The van der Waals surface area contributed by atoms with Crippen LogP contribution in [0.1, 0.15) is 43.5 Å². The van der Waals surface area contributed by atoms with Crippen LogP contribution in [0.5, 0.6) is 28.7 Å². The maximum absolute atomic E-state index is 14.5. The average Bonchev–Trinajstić information content (AvgIpc) is 3.73. The Labute approximate surface area is 293 Å². The van der Waals surface area contributed by atoms with Gasteiger partial charge in [0.1, 0.15) is 18.4 Å². The lowest BCUT2D eigenvalue weighted by molar-refractivity contribution is -0.127. The summed E-state index contributed by atoms with van der Waals surface area (Å²) in [5, 5.41) is 1.87. The normalized spacial score (nSPS) is 15.1. The number of nitrogens with zero attached hydrogens (tertiary/aromatic N) is 3. The van der Waals surface area contributed by atoms with E-state index in [0.29, 0.717) is 69.0 Å². The largest absolute Gasteiger partial charge is 0.496 e. The van der Waals surface area contributed by atoms with Gasteiger partial charge in [-0.25, -0.2) is 4.99 Å².